The maximum absolute atomic E-state index is 11.8. The van der Waals surface area contributed by atoms with Crippen molar-refractivity contribution in [3.63, 3.8) is 0 Å². The number of methoxy groups -OCH3 is 1. The predicted molar refractivity (Wildman–Crippen MR) is 81.9 cm³/mol. The highest BCUT2D eigenvalue weighted by Gasteiger charge is 2.14. The fourth-order valence-corrected chi connectivity index (χ4v) is 2.62. The van der Waals surface area contributed by atoms with Crippen LogP contribution in [0.15, 0.2) is 29.6 Å². The number of carboxylic acids is 1. The van der Waals surface area contributed by atoms with Crippen LogP contribution in [0.5, 0.6) is 5.75 Å². The van der Waals surface area contributed by atoms with Crippen molar-refractivity contribution in [3.05, 3.63) is 40.2 Å². The Kier molecular flexibility index (Phi) is 4.66. The van der Waals surface area contributed by atoms with Crippen LogP contribution in [0, 0.1) is 0 Å². The third kappa shape index (κ3) is 3.65. The number of benzene rings is 1. The van der Waals surface area contributed by atoms with Gasteiger partial charge in [0.05, 0.1) is 17.7 Å². The van der Waals surface area contributed by atoms with Gasteiger partial charge in [0.1, 0.15) is 10.8 Å². The van der Waals surface area contributed by atoms with Crippen LogP contribution in [0.1, 0.15) is 10.4 Å². The van der Waals surface area contributed by atoms with Gasteiger partial charge >= 0.3 is 12.0 Å². The molecule has 0 spiro atoms. The Hall–Kier alpha value is -2.25. The Morgan fingerprint density at radius 1 is 1.29 bits per heavy atom. The average Bonchev–Trinajstić information content (AvgIpc) is 2.87. The Morgan fingerprint density at radius 2 is 2.05 bits per heavy atom. The molecule has 3 N–H and O–H groups in total. The van der Waals surface area contributed by atoms with E-state index in [1.807, 2.05) is 0 Å². The number of rotatable bonds is 4. The highest BCUT2D eigenvalue weighted by atomic mass is 35.5. The number of halogens is 1. The standard InChI is InChI=1S/C13H11ClN2O4S/c1-20-10-3-2-7(6-9(10)14)15-13(19)16-11-8(12(17)18)4-5-21-11/h2-6H,1H3,(H,17,18)(H2,15,16,19). The molecular formula is C13H11ClN2O4S. The minimum absolute atomic E-state index is 0.0444. The van der Waals surface area contributed by atoms with Crippen LogP contribution >= 0.6 is 22.9 Å². The second-order valence-electron chi connectivity index (χ2n) is 3.90. The van der Waals surface area contributed by atoms with Crippen LogP contribution in [0.2, 0.25) is 5.02 Å². The highest BCUT2D eigenvalue weighted by Crippen LogP contribution is 2.28. The number of carbonyl (C=O) groups is 2. The summed E-state index contributed by atoms with van der Waals surface area (Å²) in [6, 6.07) is 5.64. The summed E-state index contributed by atoms with van der Waals surface area (Å²) < 4.78 is 5.01. The summed E-state index contributed by atoms with van der Waals surface area (Å²) in [5.74, 6) is -0.604. The number of hydrogen-bond acceptors (Lipinski definition) is 4. The molecule has 0 fully saturated rings. The fraction of sp³-hybridized carbons (Fsp3) is 0.0769. The molecular weight excluding hydrogens is 316 g/mol. The maximum atomic E-state index is 11.8. The number of thiophene rings is 1. The molecule has 2 aromatic rings. The van der Waals surface area contributed by atoms with Crippen LogP contribution in [-0.2, 0) is 0 Å². The van der Waals surface area contributed by atoms with Crippen molar-refractivity contribution in [2.75, 3.05) is 17.7 Å². The SMILES string of the molecule is COc1ccc(NC(=O)Nc2sccc2C(=O)O)cc1Cl. The lowest BCUT2D eigenvalue weighted by molar-refractivity contribution is 0.0698. The number of anilines is 2. The van der Waals surface area contributed by atoms with Gasteiger partial charge in [-0.1, -0.05) is 11.6 Å². The molecule has 0 aliphatic heterocycles. The zero-order chi connectivity index (χ0) is 15.4. The Bertz CT molecular complexity index is 687. The number of nitrogens with one attached hydrogen (secondary N) is 2. The van der Waals surface area contributed by atoms with Gasteiger partial charge in [-0.15, -0.1) is 11.3 Å². The van der Waals surface area contributed by atoms with E-state index in [9.17, 15) is 9.59 Å². The Labute approximate surface area is 129 Å². The topological polar surface area (TPSA) is 87.7 Å². The molecule has 1 aromatic carbocycles. The summed E-state index contributed by atoms with van der Waals surface area (Å²) in [6.07, 6.45) is 0. The number of urea groups is 1. The van der Waals surface area contributed by atoms with Gasteiger partial charge in [0.25, 0.3) is 0 Å². The molecule has 110 valence electrons. The number of hydrogen-bond donors (Lipinski definition) is 3. The van der Waals surface area contributed by atoms with Crippen LogP contribution in [0.25, 0.3) is 0 Å². The van der Waals surface area contributed by atoms with E-state index in [4.69, 9.17) is 21.4 Å². The monoisotopic (exact) mass is 326 g/mol. The molecule has 0 atom stereocenters. The highest BCUT2D eigenvalue weighted by molar-refractivity contribution is 7.14. The summed E-state index contributed by atoms with van der Waals surface area (Å²) in [5, 5.41) is 16.2. The summed E-state index contributed by atoms with van der Waals surface area (Å²) >= 11 is 7.08. The van der Waals surface area contributed by atoms with Gasteiger partial charge in [0.2, 0.25) is 0 Å². The van der Waals surface area contributed by atoms with E-state index in [1.165, 1.54) is 19.2 Å². The number of amides is 2. The zero-order valence-corrected chi connectivity index (χ0v) is 12.4. The first kappa shape index (κ1) is 15.1. The molecule has 0 radical (unpaired) electrons. The molecule has 1 aromatic heterocycles. The first-order chi connectivity index (χ1) is 10.0. The maximum Gasteiger partial charge on any atom is 0.338 e. The summed E-state index contributed by atoms with van der Waals surface area (Å²) in [6.45, 7) is 0. The number of carbonyl (C=O) groups excluding carboxylic acids is 1. The molecule has 8 heteroatoms. The molecule has 21 heavy (non-hydrogen) atoms. The van der Waals surface area contributed by atoms with E-state index < -0.39 is 12.0 Å². The summed E-state index contributed by atoms with van der Waals surface area (Å²) in [5.41, 5.74) is 0.509. The van der Waals surface area contributed by atoms with Crippen LogP contribution in [0.3, 0.4) is 0 Å². The van der Waals surface area contributed by atoms with Gasteiger partial charge in [0, 0.05) is 5.69 Å². The first-order valence-electron chi connectivity index (χ1n) is 5.73. The Morgan fingerprint density at radius 3 is 2.67 bits per heavy atom. The van der Waals surface area contributed by atoms with Crippen molar-refractivity contribution >= 4 is 45.6 Å². The minimum Gasteiger partial charge on any atom is -0.495 e. The number of ether oxygens (including phenoxy) is 1. The van der Waals surface area contributed by atoms with E-state index in [-0.39, 0.29) is 10.6 Å². The smallest absolute Gasteiger partial charge is 0.338 e. The molecule has 1 heterocycles. The van der Waals surface area contributed by atoms with Gasteiger partial charge in [-0.2, -0.15) is 0 Å². The van der Waals surface area contributed by atoms with Gasteiger partial charge < -0.3 is 15.2 Å². The second-order valence-corrected chi connectivity index (χ2v) is 5.22. The summed E-state index contributed by atoms with van der Waals surface area (Å²) in [7, 11) is 1.49. The molecule has 6 nitrogen and oxygen atoms in total. The van der Waals surface area contributed by atoms with E-state index in [0.717, 1.165) is 11.3 Å². The molecule has 0 saturated heterocycles. The quantitative estimate of drug-likeness (QED) is 0.798. The lowest BCUT2D eigenvalue weighted by atomic mass is 10.3. The van der Waals surface area contributed by atoms with E-state index in [0.29, 0.717) is 16.5 Å². The molecule has 2 rings (SSSR count). The molecule has 0 aliphatic carbocycles. The molecule has 2 amide bonds. The van der Waals surface area contributed by atoms with Gasteiger partial charge in [-0.3, -0.25) is 5.32 Å². The van der Waals surface area contributed by atoms with Crippen molar-refractivity contribution in [1.82, 2.24) is 0 Å². The van der Waals surface area contributed by atoms with Gasteiger partial charge in [-0.05, 0) is 29.6 Å². The Balaban J connectivity index is 2.06. The zero-order valence-electron chi connectivity index (χ0n) is 10.8. The van der Waals surface area contributed by atoms with Crippen molar-refractivity contribution in [3.8, 4) is 5.75 Å². The number of carboxylic acid groups (broad SMARTS) is 1. The van der Waals surface area contributed by atoms with E-state index in [2.05, 4.69) is 10.6 Å². The van der Waals surface area contributed by atoms with Crippen molar-refractivity contribution in [1.29, 1.82) is 0 Å². The molecule has 0 aliphatic rings. The fourth-order valence-electron chi connectivity index (χ4n) is 1.58. The molecule has 0 bridgehead atoms. The van der Waals surface area contributed by atoms with Crippen LogP contribution < -0.4 is 15.4 Å². The van der Waals surface area contributed by atoms with Crippen molar-refractivity contribution in [2.24, 2.45) is 0 Å². The van der Waals surface area contributed by atoms with Crippen LogP contribution in [-0.4, -0.2) is 24.2 Å². The van der Waals surface area contributed by atoms with Crippen LogP contribution in [0.4, 0.5) is 15.5 Å². The van der Waals surface area contributed by atoms with E-state index >= 15 is 0 Å². The molecule has 0 unspecified atom stereocenters. The lowest BCUT2D eigenvalue weighted by Gasteiger charge is -2.09. The average molecular weight is 327 g/mol. The predicted octanol–water partition coefficient (Wildman–Crippen LogP) is 3.75. The minimum atomic E-state index is -1.10. The largest absolute Gasteiger partial charge is 0.495 e. The second kappa shape index (κ2) is 6.47. The van der Waals surface area contributed by atoms with Crippen molar-refractivity contribution in [2.45, 2.75) is 0 Å². The summed E-state index contributed by atoms with van der Waals surface area (Å²) in [4.78, 5) is 22.8. The van der Waals surface area contributed by atoms with E-state index in [1.54, 1.807) is 17.5 Å². The third-order valence-electron chi connectivity index (χ3n) is 2.53. The third-order valence-corrected chi connectivity index (χ3v) is 3.66. The lowest BCUT2D eigenvalue weighted by Crippen LogP contribution is -2.20. The molecule has 0 saturated carbocycles. The van der Waals surface area contributed by atoms with Gasteiger partial charge in [-0.25, -0.2) is 9.59 Å². The van der Waals surface area contributed by atoms with Gasteiger partial charge in [0.15, 0.2) is 0 Å². The van der Waals surface area contributed by atoms with Crippen molar-refractivity contribution < 1.29 is 19.4 Å². The number of aromatic carboxylic acids is 1. The normalized spacial score (nSPS) is 10.0. The first-order valence-corrected chi connectivity index (χ1v) is 6.99.